The van der Waals surface area contributed by atoms with Gasteiger partial charge >= 0.3 is 12.3 Å². The summed E-state index contributed by atoms with van der Waals surface area (Å²) in [5.74, 6) is -0.296. The average Bonchev–Trinajstić information content (AvgIpc) is 2.97. The quantitative estimate of drug-likeness (QED) is 0.189. The van der Waals surface area contributed by atoms with Crippen LogP contribution >= 0.6 is 27.5 Å². The molecule has 154 valence electrons. The lowest BCUT2D eigenvalue weighted by Crippen LogP contribution is -2.22. The Morgan fingerprint density at radius 3 is 2.64 bits per heavy atom. The zero-order valence-corrected chi connectivity index (χ0v) is 18.8. The van der Waals surface area contributed by atoms with Gasteiger partial charge in [-0.3, -0.25) is 10.1 Å². The van der Waals surface area contributed by atoms with Crippen LogP contribution in [0.15, 0.2) is 22.8 Å². The largest absolute Gasteiger partial charge is 0.434 e. The van der Waals surface area contributed by atoms with E-state index < -0.39 is 19.6 Å². The van der Waals surface area contributed by atoms with Crippen LogP contribution < -0.4 is 4.74 Å². The van der Waals surface area contributed by atoms with Crippen molar-refractivity contribution in [3.63, 3.8) is 0 Å². The highest BCUT2D eigenvalue weighted by atomic mass is 79.9. The first kappa shape index (κ1) is 22.7. The highest BCUT2D eigenvalue weighted by Crippen LogP contribution is 2.41. The van der Waals surface area contributed by atoms with Crippen LogP contribution in [0, 0.1) is 10.1 Å². The molecule has 0 aliphatic rings. The number of hydrogen-bond donors (Lipinski definition) is 0. The van der Waals surface area contributed by atoms with Gasteiger partial charge in [0.2, 0.25) is 0 Å². The Labute approximate surface area is 174 Å². The Bertz CT molecular complexity index is 861. The molecule has 2 aromatic rings. The molecule has 0 spiro atoms. The van der Waals surface area contributed by atoms with Gasteiger partial charge in [-0.1, -0.05) is 31.2 Å². The molecule has 28 heavy (non-hydrogen) atoms. The molecule has 0 saturated heterocycles. The molecule has 0 radical (unpaired) electrons. The molecule has 0 aliphatic carbocycles. The van der Waals surface area contributed by atoms with Gasteiger partial charge in [-0.15, -0.1) is 0 Å². The van der Waals surface area contributed by atoms with Crippen molar-refractivity contribution >= 4 is 41.3 Å². The van der Waals surface area contributed by atoms with E-state index in [1.165, 1.54) is 16.8 Å². The number of benzene rings is 1. The summed E-state index contributed by atoms with van der Waals surface area (Å²) in [5.41, 5.74) is -0.317. The Morgan fingerprint density at radius 1 is 1.39 bits per heavy atom. The van der Waals surface area contributed by atoms with Crippen LogP contribution in [0.25, 0.3) is 11.3 Å². The molecule has 2 rings (SSSR count). The maximum atomic E-state index is 12.8. The van der Waals surface area contributed by atoms with Crippen molar-refractivity contribution < 1.29 is 23.2 Å². The number of aromatic nitrogens is 2. The predicted octanol–water partition coefficient (Wildman–Crippen LogP) is 5.79. The van der Waals surface area contributed by atoms with Crippen LogP contribution in [0.4, 0.5) is 14.5 Å². The fourth-order valence-corrected chi connectivity index (χ4v) is 3.57. The van der Waals surface area contributed by atoms with E-state index in [0.717, 1.165) is 12.2 Å². The molecule has 0 bridgehead atoms. The molecule has 1 heterocycles. The van der Waals surface area contributed by atoms with E-state index in [0.29, 0.717) is 11.1 Å². The van der Waals surface area contributed by atoms with Gasteiger partial charge < -0.3 is 9.47 Å². The first-order chi connectivity index (χ1) is 13.0. The molecule has 0 unspecified atom stereocenters. The standard InChI is InChI=1S/C16H19BrClF2N3O4Si/c1-28(2,3)5-4-26-9-22-15(13(8-21-22)23(24)25)10-6-11(17)12(18)7-14(10)27-16(19)20/h6-8,16H,4-5,9H2,1-3H3. The molecule has 0 fully saturated rings. The number of nitrogens with zero attached hydrogens (tertiary/aromatic N) is 3. The van der Waals surface area contributed by atoms with Crippen molar-refractivity contribution in [2.45, 2.75) is 39.0 Å². The number of halogens is 4. The number of hydrogen-bond acceptors (Lipinski definition) is 5. The minimum atomic E-state index is -3.13. The Balaban J connectivity index is 2.44. The van der Waals surface area contributed by atoms with Crippen LogP contribution in [0.2, 0.25) is 30.7 Å². The molecule has 0 aliphatic heterocycles. The van der Waals surface area contributed by atoms with Gasteiger partial charge in [0.05, 0.1) is 15.5 Å². The van der Waals surface area contributed by atoms with E-state index in [2.05, 4.69) is 45.4 Å². The molecule has 1 aromatic heterocycles. The summed E-state index contributed by atoms with van der Waals surface area (Å²) in [5, 5.41) is 15.6. The monoisotopic (exact) mass is 497 g/mol. The minimum absolute atomic E-state index is 0.00831. The third-order valence-corrected chi connectivity index (χ3v) is 6.62. The van der Waals surface area contributed by atoms with Gasteiger partial charge in [0.15, 0.2) is 5.69 Å². The van der Waals surface area contributed by atoms with Gasteiger partial charge in [0.1, 0.15) is 18.7 Å². The molecule has 0 atom stereocenters. The highest BCUT2D eigenvalue weighted by Gasteiger charge is 2.27. The van der Waals surface area contributed by atoms with Gasteiger partial charge in [0.25, 0.3) is 0 Å². The van der Waals surface area contributed by atoms with Crippen molar-refractivity contribution in [1.82, 2.24) is 9.78 Å². The first-order valence-corrected chi connectivity index (χ1v) is 13.1. The number of rotatable bonds is 9. The fourth-order valence-electron chi connectivity index (χ4n) is 2.32. The Kier molecular flexibility index (Phi) is 7.54. The third-order valence-electron chi connectivity index (χ3n) is 3.72. The second kappa shape index (κ2) is 9.29. The number of nitro groups is 1. The third kappa shape index (κ3) is 5.97. The second-order valence-corrected chi connectivity index (χ2v) is 14.0. The summed E-state index contributed by atoms with van der Waals surface area (Å²) >= 11 is 9.17. The topological polar surface area (TPSA) is 79.4 Å². The van der Waals surface area contributed by atoms with Gasteiger partial charge in [0, 0.05) is 25.2 Å². The molecule has 0 amide bonds. The van der Waals surface area contributed by atoms with Gasteiger partial charge in [-0.05, 0) is 28.0 Å². The molecule has 1 aromatic carbocycles. The SMILES string of the molecule is C[Si](C)(C)CCOCn1ncc([N+](=O)[O-])c1-c1cc(Br)c(Cl)cc1OC(F)F. The van der Waals surface area contributed by atoms with E-state index in [1.54, 1.807) is 0 Å². The summed E-state index contributed by atoms with van der Waals surface area (Å²) in [4.78, 5) is 10.8. The van der Waals surface area contributed by atoms with Crippen molar-refractivity contribution in [3.05, 3.63) is 37.9 Å². The van der Waals surface area contributed by atoms with Crippen LogP contribution in [0.3, 0.4) is 0 Å². The van der Waals surface area contributed by atoms with Crippen LogP contribution in [0.5, 0.6) is 5.75 Å². The lowest BCUT2D eigenvalue weighted by Gasteiger charge is -2.16. The number of ether oxygens (including phenoxy) is 2. The highest BCUT2D eigenvalue weighted by molar-refractivity contribution is 9.10. The Hall–Kier alpha value is -1.56. The zero-order valence-electron chi connectivity index (χ0n) is 15.4. The lowest BCUT2D eigenvalue weighted by atomic mass is 10.1. The molecule has 0 saturated carbocycles. The summed E-state index contributed by atoms with van der Waals surface area (Å²) in [7, 11) is -1.31. The molecule has 7 nitrogen and oxygen atoms in total. The van der Waals surface area contributed by atoms with Crippen LogP contribution in [-0.2, 0) is 11.5 Å². The van der Waals surface area contributed by atoms with Crippen molar-refractivity contribution in [2.24, 2.45) is 0 Å². The normalized spacial score (nSPS) is 11.9. The van der Waals surface area contributed by atoms with E-state index in [9.17, 15) is 18.9 Å². The Morgan fingerprint density at radius 2 is 2.07 bits per heavy atom. The lowest BCUT2D eigenvalue weighted by molar-refractivity contribution is -0.384. The molecular formula is C16H19BrClF2N3O4Si. The van der Waals surface area contributed by atoms with E-state index in [-0.39, 0.29) is 34.4 Å². The van der Waals surface area contributed by atoms with Crippen molar-refractivity contribution in [2.75, 3.05) is 6.61 Å². The fraction of sp³-hybridized carbons (Fsp3) is 0.438. The van der Waals surface area contributed by atoms with Crippen LogP contribution in [-0.4, -0.2) is 36.0 Å². The minimum Gasteiger partial charge on any atom is -0.434 e. The van der Waals surface area contributed by atoms with Crippen molar-refractivity contribution in [3.8, 4) is 17.0 Å². The molecular weight excluding hydrogens is 480 g/mol. The summed E-state index contributed by atoms with van der Waals surface area (Å²) in [6.45, 7) is 3.86. The van der Waals surface area contributed by atoms with E-state index in [4.69, 9.17) is 16.3 Å². The van der Waals surface area contributed by atoms with E-state index in [1.807, 2.05) is 0 Å². The van der Waals surface area contributed by atoms with E-state index >= 15 is 0 Å². The molecule has 12 heteroatoms. The predicted molar refractivity (Wildman–Crippen MR) is 108 cm³/mol. The zero-order chi connectivity index (χ0) is 21.1. The maximum absolute atomic E-state index is 12.8. The van der Waals surface area contributed by atoms with Crippen molar-refractivity contribution in [1.29, 1.82) is 0 Å². The van der Waals surface area contributed by atoms with Crippen LogP contribution in [0.1, 0.15) is 0 Å². The van der Waals surface area contributed by atoms with Gasteiger partial charge in [-0.2, -0.15) is 13.9 Å². The summed E-state index contributed by atoms with van der Waals surface area (Å²) < 4.78 is 37.4. The summed E-state index contributed by atoms with van der Waals surface area (Å²) in [6.07, 6.45) is 1.05. The summed E-state index contributed by atoms with van der Waals surface area (Å²) in [6, 6.07) is 3.45. The number of alkyl halides is 2. The molecule has 0 N–H and O–H groups in total. The average molecular weight is 499 g/mol. The maximum Gasteiger partial charge on any atom is 0.387 e. The first-order valence-electron chi connectivity index (χ1n) is 8.22. The van der Waals surface area contributed by atoms with Gasteiger partial charge in [-0.25, -0.2) is 4.68 Å². The smallest absolute Gasteiger partial charge is 0.387 e. The second-order valence-electron chi connectivity index (χ2n) is 7.12.